The summed E-state index contributed by atoms with van der Waals surface area (Å²) in [6, 6.07) is 15.1. The van der Waals surface area contributed by atoms with Crippen LogP contribution < -0.4 is 10.6 Å². The molecule has 5 nitrogen and oxygen atoms in total. The molecule has 0 radical (unpaired) electrons. The Labute approximate surface area is 163 Å². The van der Waals surface area contributed by atoms with Gasteiger partial charge in [-0.1, -0.05) is 29.8 Å². The van der Waals surface area contributed by atoms with Gasteiger partial charge < -0.3 is 15.5 Å². The van der Waals surface area contributed by atoms with Crippen molar-refractivity contribution in [3.05, 3.63) is 64.7 Å². The summed E-state index contributed by atoms with van der Waals surface area (Å²) in [5, 5.41) is 6.49. The Balaban J connectivity index is 1.40. The normalized spacial score (nSPS) is 15.9. The average Bonchev–Trinajstić information content (AvgIpc) is 3.55. The van der Waals surface area contributed by atoms with Crippen molar-refractivity contribution in [3.63, 3.8) is 0 Å². The van der Waals surface area contributed by atoms with Gasteiger partial charge in [0.25, 0.3) is 5.91 Å². The van der Waals surface area contributed by atoms with E-state index in [0.29, 0.717) is 28.9 Å². The number of hydrogen-bond acceptors (Lipinski definition) is 2. The molecule has 6 heteroatoms. The van der Waals surface area contributed by atoms with Gasteiger partial charge in [-0.05, 0) is 61.6 Å². The van der Waals surface area contributed by atoms with Crippen molar-refractivity contribution < 1.29 is 9.59 Å². The molecule has 2 N–H and O–H groups in total. The summed E-state index contributed by atoms with van der Waals surface area (Å²) >= 11 is 5.99. The van der Waals surface area contributed by atoms with Crippen LogP contribution in [-0.4, -0.2) is 28.9 Å². The molecule has 0 bridgehead atoms. The third kappa shape index (κ3) is 4.80. The van der Waals surface area contributed by atoms with E-state index in [1.807, 2.05) is 41.3 Å². The van der Waals surface area contributed by atoms with Crippen LogP contribution in [0.15, 0.2) is 48.5 Å². The Hall–Kier alpha value is -2.53. The molecule has 2 fully saturated rings. The minimum absolute atomic E-state index is 0.0261. The van der Waals surface area contributed by atoms with Crippen LogP contribution in [-0.2, 0) is 6.54 Å². The Morgan fingerprint density at radius 2 is 1.78 bits per heavy atom. The van der Waals surface area contributed by atoms with Gasteiger partial charge in [-0.15, -0.1) is 0 Å². The molecule has 0 spiro atoms. The number of nitrogens with one attached hydrogen (secondary N) is 2. The van der Waals surface area contributed by atoms with Gasteiger partial charge >= 0.3 is 6.03 Å². The van der Waals surface area contributed by atoms with E-state index in [-0.39, 0.29) is 18.0 Å². The maximum absolute atomic E-state index is 12.7. The number of urea groups is 1. The SMILES string of the molecule is O=C(NC1CC1)c1ccc(CN(C(=O)Nc2cccc(Cl)c2)C2CC2)cc1. The summed E-state index contributed by atoms with van der Waals surface area (Å²) < 4.78 is 0. The quantitative estimate of drug-likeness (QED) is 0.775. The number of rotatable bonds is 6. The molecule has 140 valence electrons. The molecule has 0 atom stereocenters. The molecule has 4 rings (SSSR count). The Morgan fingerprint density at radius 1 is 1.04 bits per heavy atom. The van der Waals surface area contributed by atoms with Gasteiger partial charge in [-0.25, -0.2) is 4.79 Å². The lowest BCUT2D eigenvalue weighted by molar-refractivity contribution is 0.0951. The fraction of sp³-hybridized carbons (Fsp3) is 0.333. The number of benzene rings is 2. The number of amides is 3. The van der Waals surface area contributed by atoms with Crippen molar-refractivity contribution in [2.24, 2.45) is 0 Å². The predicted molar refractivity (Wildman–Crippen MR) is 106 cm³/mol. The van der Waals surface area contributed by atoms with Crippen LogP contribution in [0.25, 0.3) is 0 Å². The second-order valence-electron chi connectivity index (χ2n) is 7.24. The monoisotopic (exact) mass is 383 g/mol. The Morgan fingerprint density at radius 3 is 2.41 bits per heavy atom. The summed E-state index contributed by atoms with van der Waals surface area (Å²) in [6.45, 7) is 0.515. The lowest BCUT2D eigenvalue weighted by Crippen LogP contribution is -2.36. The number of halogens is 1. The molecule has 2 aromatic carbocycles. The van der Waals surface area contributed by atoms with Gasteiger partial charge in [0.15, 0.2) is 0 Å². The van der Waals surface area contributed by atoms with Crippen LogP contribution in [0.5, 0.6) is 0 Å². The fourth-order valence-corrected chi connectivity index (χ4v) is 3.16. The van der Waals surface area contributed by atoms with Crippen LogP contribution in [0.4, 0.5) is 10.5 Å². The van der Waals surface area contributed by atoms with Crippen molar-refractivity contribution >= 4 is 29.2 Å². The molecule has 0 unspecified atom stereocenters. The third-order valence-electron chi connectivity index (χ3n) is 4.81. The predicted octanol–water partition coefficient (Wildman–Crippen LogP) is 4.43. The molecule has 27 heavy (non-hydrogen) atoms. The standard InChI is InChI=1S/C21H22ClN3O2/c22-16-2-1-3-18(12-16)24-21(27)25(19-10-11-19)13-14-4-6-15(7-5-14)20(26)23-17-8-9-17/h1-7,12,17,19H,8-11,13H2,(H,23,26)(H,24,27). The number of hydrogen-bond donors (Lipinski definition) is 2. The molecule has 0 saturated heterocycles. The second-order valence-corrected chi connectivity index (χ2v) is 7.68. The van der Waals surface area contributed by atoms with E-state index in [0.717, 1.165) is 31.2 Å². The summed E-state index contributed by atoms with van der Waals surface area (Å²) in [6.07, 6.45) is 4.18. The molecule has 2 aliphatic carbocycles. The highest BCUT2D eigenvalue weighted by atomic mass is 35.5. The number of carbonyl (C=O) groups excluding carboxylic acids is 2. The first-order valence-electron chi connectivity index (χ1n) is 9.31. The smallest absolute Gasteiger partial charge is 0.322 e. The van der Waals surface area contributed by atoms with Crippen molar-refractivity contribution in [1.82, 2.24) is 10.2 Å². The van der Waals surface area contributed by atoms with Gasteiger partial charge in [0.1, 0.15) is 0 Å². The maximum atomic E-state index is 12.7. The first-order valence-corrected chi connectivity index (χ1v) is 9.69. The van der Waals surface area contributed by atoms with Crippen LogP contribution in [0.1, 0.15) is 41.6 Å². The molecule has 0 aromatic heterocycles. The Bertz CT molecular complexity index is 845. The zero-order valence-corrected chi connectivity index (χ0v) is 15.7. The van der Waals surface area contributed by atoms with Crippen molar-refractivity contribution in [2.45, 2.75) is 44.3 Å². The highest BCUT2D eigenvalue weighted by molar-refractivity contribution is 6.30. The summed E-state index contributed by atoms with van der Waals surface area (Å²) in [5.41, 5.74) is 2.35. The van der Waals surface area contributed by atoms with Crippen LogP contribution in [0.2, 0.25) is 5.02 Å². The summed E-state index contributed by atoms with van der Waals surface area (Å²) in [5.74, 6) is -0.0261. The van der Waals surface area contributed by atoms with E-state index >= 15 is 0 Å². The van der Waals surface area contributed by atoms with Crippen molar-refractivity contribution in [2.75, 3.05) is 5.32 Å². The Kier molecular flexibility index (Phi) is 5.03. The first kappa shape index (κ1) is 17.9. The first-order chi connectivity index (χ1) is 13.1. The topological polar surface area (TPSA) is 61.4 Å². The summed E-state index contributed by atoms with van der Waals surface area (Å²) in [4.78, 5) is 26.7. The highest BCUT2D eigenvalue weighted by Crippen LogP contribution is 2.29. The molecule has 2 aliphatic rings. The summed E-state index contributed by atoms with van der Waals surface area (Å²) in [7, 11) is 0. The van der Waals surface area contributed by atoms with Gasteiger partial charge in [0.2, 0.25) is 0 Å². The van der Waals surface area contributed by atoms with E-state index in [4.69, 9.17) is 11.6 Å². The zero-order valence-electron chi connectivity index (χ0n) is 15.0. The van der Waals surface area contributed by atoms with Crippen molar-refractivity contribution in [3.8, 4) is 0 Å². The highest BCUT2D eigenvalue weighted by Gasteiger charge is 2.32. The lowest BCUT2D eigenvalue weighted by atomic mass is 10.1. The minimum atomic E-state index is -0.129. The number of anilines is 1. The largest absolute Gasteiger partial charge is 0.349 e. The molecular formula is C21H22ClN3O2. The van der Waals surface area contributed by atoms with E-state index in [1.54, 1.807) is 12.1 Å². The van der Waals surface area contributed by atoms with E-state index in [9.17, 15) is 9.59 Å². The number of carbonyl (C=O) groups is 2. The molecular weight excluding hydrogens is 362 g/mol. The van der Waals surface area contributed by atoms with Crippen LogP contribution >= 0.6 is 11.6 Å². The average molecular weight is 384 g/mol. The molecule has 3 amide bonds. The van der Waals surface area contributed by atoms with Gasteiger partial charge in [-0.3, -0.25) is 4.79 Å². The number of nitrogens with zero attached hydrogens (tertiary/aromatic N) is 1. The van der Waals surface area contributed by atoms with Crippen LogP contribution in [0.3, 0.4) is 0 Å². The molecule has 2 saturated carbocycles. The fourth-order valence-electron chi connectivity index (χ4n) is 2.97. The lowest BCUT2D eigenvalue weighted by Gasteiger charge is -2.23. The second kappa shape index (κ2) is 7.61. The molecule has 2 aromatic rings. The minimum Gasteiger partial charge on any atom is -0.349 e. The van der Waals surface area contributed by atoms with E-state index in [1.165, 1.54) is 0 Å². The molecule has 0 aliphatic heterocycles. The van der Waals surface area contributed by atoms with Gasteiger partial charge in [0.05, 0.1) is 0 Å². The van der Waals surface area contributed by atoms with Gasteiger partial charge in [-0.2, -0.15) is 0 Å². The van der Waals surface area contributed by atoms with Crippen molar-refractivity contribution in [1.29, 1.82) is 0 Å². The molecule has 0 heterocycles. The van der Waals surface area contributed by atoms with Gasteiger partial charge in [0, 0.05) is 34.9 Å². The third-order valence-corrected chi connectivity index (χ3v) is 5.04. The van der Waals surface area contributed by atoms with E-state index in [2.05, 4.69) is 10.6 Å². The van der Waals surface area contributed by atoms with E-state index < -0.39 is 0 Å². The maximum Gasteiger partial charge on any atom is 0.322 e. The van der Waals surface area contributed by atoms with Crippen LogP contribution in [0, 0.1) is 0 Å². The zero-order chi connectivity index (χ0) is 18.8.